The molecule has 0 amide bonds. The van der Waals surface area contributed by atoms with Crippen LogP contribution in [0.3, 0.4) is 0 Å². The molecule has 0 nitrogen and oxygen atoms in total. The highest BCUT2D eigenvalue weighted by Gasteiger charge is 2.47. The van der Waals surface area contributed by atoms with Crippen molar-refractivity contribution in [1.29, 1.82) is 0 Å². The number of halogens is 2. The number of hydrogen-bond donors (Lipinski definition) is 0. The van der Waals surface area contributed by atoms with Crippen molar-refractivity contribution in [1.82, 2.24) is 0 Å². The van der Waals surface area contributed by atoms with Crippen LogP contribution in [-0.2, 0) is 0 Å². The Bertz CT molecular complexity index is 115. The highest BCUT2D eigenvalue weighted by atomic mass is 127. The first-order valence-corrected chi connectivity index (χ1v) is 16.9. The summed E-state index contributed by atoms with van der Waals surface area (Å²) in [6.07, 6.45) is 0. The van der Waals surface area contributed by atoms with Crippen molar-refractivity contribution in [2.24, 2.45) is 0 Å². The fraction of sp³-hybridized carbons (Fsp3) is 1.00. The summed E-state index contributed by atoms with van der Waals surface area (Å²) in [7, 11) is 0. The Morgan fingerprint density at radius 2 is 0.833 bits per heavy atom. The normalized spacial score (nSPS) is 13.5. The van der Waals surface area contributed by atoms with E-state index in [1.165, 1.54) is 24.2 Å². The molecule has 0 saturated carbocycles. The van der Waals surface area contributed by atoms with Crippen molar-refractivity contribution in [2.45, 2.75) is 51.9 Å². The Balaban J connectivity index is 4.66. The Hall–Kier alpha value is 1.89. The van der Waals surface area contributed by atoms with Crippen LogP contribution in [0, 0.1) is 0 Å². The zero-order chi connectivity index (χ0) is 9.83. The Kier molecular flexibility index (Phi) is 6.60. The van der Waals surface area contributed by atoms with E-state index < -0.39 is 10.2 Å². The minimum absolute atomic E-state index is 0.855. The van der Waals surface area contributed by atoms with Crippen LogP contribution in [0.5, 0.6) is 0 Å². The standard InChI is InChI=1S/C8H20I2Si2/c1-5-11(9,6-2)12(10,7-3)8-4/h5-8H2,1-4H3. The van der Waals surface area contributed by atoms with Gasteiger partial charge in [-0.15, -0.1) is 43.6 Å². The van der Waals surface area contributed by atoms with Gasteiger partial charge in [0.1, 0.15) is 10.2 Å². The van der Waals surface area contributed by atoms with Gasteiger partial charge in [-0.1, -0.05) is 51.9 Å². The van der Waals surface area contributed by atoms with E-state index in [1.54, 1.807) is 0 Å². The molecule has 0 saturated heterocycles. The molecule has 0 aliphatic carbocycles. The lowest BCUT2D eigenvalue weighted by molar-refractivity contribution is 1.28. The molecule has 0 radical (unpaired) electrons. The summed E-state index contributed by atoms with van der Waals surface area (Å²) >= 11 is 5.75. The maximum atomic E-state index is 2.87. The van der Waals surface area contributed by atoms with Gasteiger partial charge >= 0.3 is 0 Å². The third-order valence-corrected chi connectivity index (χ3v) is 55.2. The van der Waals surface area contributed by atoms with E-state index >= 15 is 0 Å². The summed E-state index contributed by atoms with van der Waals surface area (Å²) < 4.78 is 0. The average Bonchev–Trinajstić information content (AvgIpc) is 2.15. The number of rotatable bonds is 5. The van der Waals surface area contributed by atoms with Crippen LogP contribution in [-0.4, -0.2) is 10.2 Å². The summed E-state index contributed by atoms with van der Waals surface area (Å²) in [5.74, 6) is 0. The molecule has 0 spiro atoms. The minimum atomic E-state index is -0.855. The molecule has 0 aromatic heterocycles. The first kappa shape index (κ1) is 13.9. The third kappa shape index (κ3) is 2.69. The van der Waals surface area contributed by atoms with E-state index in [0.717, 1.165) is 0 Å². The van der Waals surface area contributed by atoms with Crippen LogP contribution in [0.25, 0.3) is 0 Å². The lowest BCUT2D eigenvalue weighted by Gasteiger charge is -2.37. The topological polar surface area (TPSA) is 0 Å². The summed E-state index contributed by atoms with van der Waals surface area (Å²) in [5.41, 5.74) is 0. The van der Waals surface area contributed by atoms with Gasteiger partial charge in [0.05, 0.1) is 0 Å². The predicted molar refractivity (Wildman–Crippen MR) is 81.5 cm³/mol. The van der Waals surface area contributed by atoms with E-state index in [-0.39, 0.29) is 0 Å². The van der Waals surface area contributed by atoms with E-state index in [9.17, 15) is 0 Å². The molecule has 12 heavy (non-hydrogen) atoms. The molecule has 0 aliphatic rings. The van der Waals surface area contributed by atoms with Crippen molar-refractivity contribution in [3.63, 3.8) is 0 Å². The number of hydrogen-bond acceptors (Lipinski definition) is 0. The van der Waals surface area contributed by atoms with Crippen LogP contribution in [0.2, 0.25) is 24.2 Å². The molecule has 4 heteroatoms. The first-order chi connectivity index (χ1) is 5.49. The molecule has 74 valence electrons. The van der Waals surface area contributed by atoms with Crippen LogP contribution >= 0.6 is 43.6 Å². The van der Waals surface area contributed by atoms with E-state index in [2.05, 4.69) is 71.3 Å². The maximum absolute atomic E-state index is 2.87. The second-order valence-electron chi connectivity index (χ2n) is 3.34. The lowest BCUT2D eigenvalue weighted by atomic mass is 10.9. The van der Waals surface area contributed by atoms with Crippen LogP contribution in [0.15, 0.2) is 0 Å². The van der Waals surface area contributed by atoms with E-state index in [4.69, 9.17) is 0 Å². The molecular weight excluding hydrogens is 406 g/mol. The maximum Gasteiger partial charge on any atom is 0.129 e. The zero-order valence-corrected chi connectivity index (χ0v) is 14.9. The van der Waals surface area contributed by atoms with E-state index in [0.29, 0.717) is 0 Å². The van der Waals surface area contributed by atoms with Crippen molar-refractivity contribution in [2.75, 3.05) is 0 Å². The summed E-state index contributed by atoms with van der Waals surface area (Å²) in [6, 6.07) is 5.95. The zero-order valence-electron chi connectivity index (χ0n) is 8.58. The average molecular weight is 426 g/mol. The molecule has 0 heterocycles. The van der Waals surface area contributed by atoms with Crippen LogP contribution in [0.1, 0.15) is 27.7 Å². The molecule has 0 unspecified atom stereocenters. The molecule has 0 atom stereocenters. The Morgan fingerprint density at radius 3 is 0.917 bits per heavy atom. The third-order valence-electron chi connectivity index (χ3n) is 3.04. The second-order valence-corrected chi connectivity index (χ2v) is 34.3. The van der Waals surface area contributed by atoms with Gasteiger partial charge in [0, 0.05) is 0 Å². The molecule has 0 aliphatic heterocycles. The van der Waals surface area contributed by atoms with Crippen molar-refractivity contribution < 1.29 is 0 Å². The Labute approximate surface area is 105 Å². The van der Waals surface area contributed by atoms with Gasteiger partial charge in [-0.25, -0.2) is 0 Å². The van der Waals surface area contributed by atoms with Crippen LogP contribution in [0.4, 0.5) is 0 Å². The highest BCUT2D eigenvalue weighted by molar-refractivity contribution is 14.2. The molecule has 0 fully saturated rings. The van der Waals surface area contributed by atoms with Gasteiger partial charge in [-0.3, -0.25) is 0 Å². The van der Waals surface area contributed by atoms with Crippen LogP contribution < -0.4 is 0 Å². The molecular formula is C8H20I2Si2. The summed E-state index contributed by atoms with van der Waals surface area (Å²) in [6.45, 7) is 9.64. The fourth-order valence-corrected chi connectivity index (χ4v) is 26.6. The van der Waals surface area contributed by atoms with Gasteiger partial charge in [0.25, 0.3) is 0 Å². The smallest absolute Gasteiger partial charge is 0.121 e. The molecule has 0 aromatic carbocycles. The van der Waals surface area contributed by atoms with Gasteiger partial charge in [-0.05, 0) is 0 Å². The quantitative estimate of drug-likeness (QED) is 0.333. The van der Waals surface area contributed by atoms with Crippen molar-refractivity contribution in [3.8, 4) is 0 Å². The summed E-state index contributed by atoms with van der Waals surface area (Å²) in [5, 5.41) is -1.71. The van der Waals surface area contributed by atoms with Crippen molar-refractivity contribution >= 4 is 53.8 Å². The van der Waals surface area contributed by atoms with Crippen molar-refractivity contribution in [3.05, 3.63) is 0 Å². The first-order valence-electron chi connectivity index (χ1n) is 4.87. The largest absolute Gasteiger partial charge is 0.129 e. The molecule has 0 aromatic rings. The minimum Gasteiger partial charge on any atom is -0.121 e. The van der Waals surface area contributed by atoms with Gasteiger partial charge in [0.15, 0.2) is 0 Å². The SMILES string of the molecule is CC[Si](I)(CC)[Si](I)(CC)CC. The van der Waals surface area contributed by atoms with Gasteiger partial charge in [-0.2, -0.15) is 0 Å². The highest BCUT2D eigenvalue weighted by Crippen LogP contribution is 2.42. The summed E-state index contributed by atoms with van der Waals surface area (Å²) in [4.78, 5) is 0. The molecule has 0 bridgehead atoms. The van der Waals surface area contributed by atoms with E-state index in [1.807, 2.05) is 0 Å². The predicted octanol–water partition coefficient (Wildman–Crippen LogP) is 4.91. The molecule has 0 N–H and O–H groups in total. The Morgan fingerprint density at radius 1 is 0.667 bits per heavy atom. The lowest BCUT2D eigenvalue weighted by Crippen LogP contribution is -2.52. The second kappa shape index (κ2) is 5.70. The fourth-order valence-electron chi connectivity index (χ4n) is 1.77. The molecule has 0 rings (SSSR count). The van der Waals surface area contributed by atoms with Gasteiger partial charge in [0.2, 0.25) is 0 Å². The monoisotopic (exact) mass is 426 g/mol. The van der Waals surface area contributed by atoms with Gasteiger partial charge < -0.3 is 0 Å².